The highest BCUT2D eigenvalue weighted by Gasteiger charge is 2.62. The largest absolute Gasteiger partial charge is 0.450 e. The van der Waals surface area contributed by atoms with E-state index in [1.54, 1.807) is 16.8 Å². The van der Waals surface area contributed by atoms with Crippen LogP contribution in [0.25, 0.3) is 0 Å². The standard InChI is InChI=1S/C18H25N5O10/c1-3-28-17(27)21-4-6-22(7-5-21)23-8-13(31-20-23)19-16(26)32-33-18(11(2)24)10-30-14-12(25)9-29-15(14)18/h8,12,14-15,25H,3-7,9-10H2,1-2H3/p+1/t12-,14-,15+,18-/m1/s1. The fourth-order valence-corrected chi connectivity index (χ4v) is 3.88. The molecule has 182 valence electrons. The number of hydrogen-bond acceptors (Lipinski definition) is 12. The lowest BCUT2D eigenvalue weighted by molar-refractivity contribution is -0.759. The number of anilines is 1. The molecule has 15 nitrogen and oxygen atoms in total. The number of nitrogens with zero attached hydrogens (tertiary/aromatic N) is 4. The van der Waals surface area contributed by atoms with Gasteiger partial charge in [0.25, 0.3) is 6.20 Å². The highest BCUT2D eigenvalue weighted by atomic mass is 17.2. The van der Waals surface area contributed by atoms with E-state index in [0.717, 1.165) is 0 Å². The number of ether oxygens (including phenoxy) is 3. The molecule has 2 N–H and O–H groups in total. The van der Waals surface area contributed by atoms with E-state index in [-0.39, 0.29) is 25.2 Å². The van der Waals surface area contributed by atoms with Gasteiger partial charge in [-0.3, -0.25) is 19.5 Å². The number of amides is 2. The topological polar surface area (TPSA) is 166 Å². The van der Waals surface area contributed by atoms with Crippen LogP contribution in [0.2, 0.25) is 0 Å². The Morgan fingerprint density at radius 2 is 2.06 bits per heavy atom. The highest BCUT2D eigenvalue weighted by Crippen LogP contribution is 2.37. The predicted molar refractivity (Wildman–Crippen MR) is 103 cm³/mol. The minimum Gasteiger partial charge on any atom is -0.450 e. The minimum absolute atomic E-state index is 0.0218. The normalized spacial score (nSPS) is 29.0. The number of aliphatic hydroxyl groups is 1. The van der Waals surface area contributed by atoms with Crippen molar-refractivity contribution >= 4 is 23.9 Å². The van der Waals surface area contributed by atoms with Crippen molar-refractivity contribution in [3.05, 3.63) is 6.20 Å². The first-order valence-corrected chi connectivity index (χ1v) is 10.5. The zero-order chi connectivity index (χ0) is 23.6. The van der Waals surface area contributed by atoms with Crippen molar-refractivity contribution in [3.8, 4) is 0 Å². The van der Waals surface area contributed by atoms with Gasteiger partial charge in [0.05, 0.1) is 37.7 Å². The lowest BCUT2D eigenvalue weighted by atomic mass is 9.92. The quantitative estimate of drug-likeness (QED) is 0.275. The van der Waals surface area contributed by atoms with Crippen molar-refractivity contribution in [2.24, 2.45) is 0 Å². The minimum atomic E-state index is -1.68. The number of fused-ring (bicyclic) bond motifs is 1. The van der Waals surface area contributed by atoms with E-state index in [0.29, 0.717) is 32.8 Å². The summed E-state index contributed by atoms with van der Waals surface area (Å²) in [6.45, 7) is 4.86. The fourth-order valence-electron chi connectivity index (χ4n) is 3.88. The molecule has 4 atom stereocenters. The average Bonchev–Trinajstić information content (AvgIpc) is 3.50. The fraction of sp³-hybridized carbons (Fsp3) is 0.722. The lowest BCUT2D eigenvalue weighted by Crippen LogP contribution is -2.65. The average molecular weight is 472 g/mol. The van der Waals surface area contributed by atoms with E-state index in [9.17, 15) is 19.5 Å². The molecule has 3 saturated heterocycles. The van der Waals surface area contributed by atoms with Gasteiger partial charge in [0.15, 0.2) is 5.78 Å². The van der Waals surface area contributed by atoms with Crippen molar-refractivity contribution < 1.29 is 52.8 Å². The van der Waals surface area contributed by atoms with Gasteiger partial charge in [-0.25, -0.2) is 9.59 Å². The summed E-state index contributed by atoms with van der Waals surface area (Å²) in [6.07, 6.45) is -2.58. The van der Waals surface area contributed by atoms with Gasteiger partial charge < -0.3 is 24.2 Å². The summed E-state index contributed by atoms with van der Waals surface area (Å²) in [4.78, 5) is 49.1. The number of rotatable bonds is 6. The van der Waals surface area contributed by atoms with Crippen LogP contribution in [0.4, 0.5) is 15.5 Å². The number of carbonyl (C=O) groups is 3. The molecule has 0 aliphatic carbocycles. The number of aromatic nitrogens is 2. The van der Waals surface area contributed by atoms with Crippen molar-refractivity contribution in [2.75, 3.05) is 56.3 Å². The summed E-state index contributed by atoms with van der Waals surface area (Å²) in [6, 6.07) is 0. The van der Waals surface area contributed by atoms with Crippen LogP contribution >= 0.6 is 0 Å². The van der Waals surface area contributed by atoms with Gasteiger partial charge in [0.2, 0.25) is 10.9 Å². The Labute approximate surface area is 187 Å². The van der Waals surface area contributed by atoms with Gasteiger partial charge in [0.1, 0.15) is 18.3 Å². The maximum absolute atomic E-state index is 12.2. The van der Waals surface area contributed by atoms with Crippen LogP contribution in [-0.2, 0) is 28.8 Å². The number of carbonyl (C=O) groups excluding carboxylic acids is 3. The first-order valence-electron chi connectivity index (χ1n) is 10.5. The van der Waals surface area contributed by atoms with Gasteiger partial charge in [0, 0.05) is 13.1 Å². The molecule has 1 aromatic heterocycles. The number of nitrogens with one attached hydrogen (secondary N) is 1. The predicted octanol–water partition coefficient (Wildman–Crippen LogP) is -1.66. The van der Waals surface area contributed by atoms with Crippen molar-refractivity contribution in [1.29, 1.82) is 0 Å². The summed E-state index contributed by atoms with van der Waals surface area (Å²) in [5.41, 5.74) is -1.68. The van der Waals surface area contributed by atoms with E-state index in [1.807, 2.05) is 0 Å². The molecule has 0 radical (unpaired) electrons. The molecule has 3 aliphatic rings. The lowest BCUT2D eigenvalue weighted by Gasteiger charge is -2.29. The second-order valence-corrected chi connectivity index (χ2v) is 7.75. The molecule has 0 spiro atoms. The summed E-state index contributed by atoms with van der Waals surface area (Å²) in [5.74, 6) is -0.516. The molecule has 3 fully saturated rings. The van der Waals surface area contributed by atoms with E-state index in [4.69, 9.17) is 28.5 Å². The number of piperazine rings is 1. The Kier molecular flexibility index (Phi) is 6.64. The van der Waals surface area contributed by atoms with Gasteiger partial charge in [-0.1, -0.05) is 0 Å². The van der Waals surface area contributed by atoms with Crippen LogP contribution in [0.5, 0.6) is 0 Å². The third-order valence-electron chi connectivity index (χ3n) is 5.69. The van der Waals surface area contributed by atoms with Crippen LogP contribution in [-0.4, -0.2) is 103 Å². The van der Waals surface area contributed by atoms with Crippen molar-refractivity contribution in [1.82, 2.24) is 10.2 Å². The Bertz CT molecular complexity index is 888. The molecule has 0 bridgehead atoms. The van der Waals surface area contributed by atoms with Crippen LogP contribution in [0.1, 0.15) is 13.8 Å². The number of ketones is 1. The third-order valence-corrected chi connectivity index (χ3v) is 5.69. The van der Waals surface area contributed by atoms with Gasteiger partial charge >= 0.3 is 18.1 Å². The van der Waals surface area contributed by atoms with Gasteiger partial charge in [-0.2, -0.15) is 4.89 Å². The van der Waals surface area contributed by atoms with Crippen molar-refractivity contribution in [2.45, 2.75) is 37.8 Å². The Balaban J connectivity index is 1.29. The molecule has 3 aliphatic heterocycles. The zero-order valence-electron chi connectivity index (χ0n) is 18.2. The van der Waals surface area contributed by atoms with E-state index >= 15 is 0 Å². The SMILES string of the molecule is CCOC(=O)N1CCN([n+]2cc(NC(=O)OO[C@@]3(C(C)=O)CO[C@@H]4[C@H](O)CO[C@@H]43)on2)CC1. The van der Waals surface area contributed by atoms with E-state index in [2.05, 4.69) is 10.6 Å². The Morgan fingerprint density at radius 3 is 2.76 bits per heavy atom. The molecule has 0 saturated carbocycles. The molecule has 4 rings (SSSR count). The molecular formula is C18H26N5O10+. The van der Waals surface area contributed by atoms with E-state index in [1.165, 1.54) is 17.9 Å². The third kappa shape index (κ3) is 4.57. The van der Waals surface area contributed by atoms with Crippen LogP contribution in [0.15, 0.2) is 10.7 Å². The summed E-state index contributed by atoms with van der Waals surface area (Å²) in [7, 11) is 0. The number of Topliss-reactive ketones (excluding diaryl/α,β-unsaturated/α-hetero) is 1. The number of aliphatic hydroxyl groups excluding tert-OH is 1. The zero-order valence-corrected chi connectivity index (χ0v) is 18.2. The molecule has 33 heavy (non-hydrogen) atoms. The number of hydrogen-bond donors (Lipinski definition) is 2. The highest BCUT2D eigenvalue weighted by molar-refractivity contribution is 5.87. The molecule has 2 amide bonds. The Hall–Kier alpha value is -3.01. The first-order chi connectivity index (χ1) is 15.8. The van der Waals surface area contributed by atoms with E-state index < -0.39 is 35.8 Å². The summed E-state index contributed by atoms with van der Waals surface area (Å²) >= 11 is 0. The van der Waals surface area contributed by atoms with Crippen LogP contribution in [0, 0.1) is 0 Å². The first kappa shape index (κ1) is 23.2. The smallest absolute Gasteiger partial charge is 0.445 e. The summed E-state index contributed by atoms with van der Waals surface area (Å²) in [5, 5.41) is 17.8. The maximum atomic E-state index is 12.2. The Morgan fingerprint density at radius 1 is 1.30 bits per heavy atom. The van der Waals surface area contributed by atoms with Gasteiger partial charge in [-0.05, 0) is 13.8 Å². The summed E-state index contributed by atoms with van der Waals surface area (Å²) < 4.78 is 20.9. The molecular weight excluding hydrogens is 446 g/mol. The molecule has 15 heteroatoms. The van der Waals surface area contributed by atoms with Gasteiger partial charge in [-0.15, -0.1) is 5.01 Å². The molecule has 1 aromatic rings. The van der Waals surface area contributed by atoms with Crippen LogP contribution in [0.3, 0.4) is 0 Å². The second kappa shape index (κ2) is 9.46. The van der Waals surface area contributed by atoms with Crippen LogP contribution < -0.4 is 15.1 Å². The van der Waals surface area contributed by atoms with Crippen molar-refractivity contribution in [3.63, 3.8) is 0 Å². The molecule has 0 aromatic carbocycles. The maximum Gasteiger partial charge on any atom is 0.445 e. The monoisotopic (exact) mass is 472 g/mol. The second-order valence-electron chi connectivity index (χ2n) is 7.75. The molecule has 4 heterocycles. The molecule has 0 unspecified atom stereocenters.